The first-order chi connectivity index (χ1) is 13.3. The Morgan fingerprint density at radius 1 is 1.21 bits per heavy atom. The average Bonchev–Trinajstić information content (AvgIpc) is 3.17. The lowest BCUT2D eigenvalue weighted by Crippen LogP contribution is -2.55. The summed E-state index contributed by atoms with van der Waals surface area (Å²) >= 11 is 0. The van der Waals surface area contributed by atoms with E-state index in [1.165, 1.54) is 6.92 Å². The Kier molecular flexibility index (Phi) is 10.4. The zero-order chi connectivity index (χ0) is 21.1. The SMILES string of the molecule is CC(O)C(NC(=O)C(CCCCN)NC(=O)CNC(=O)C1CCCN1)C(=O)O. The monoisotopic (exact) mass is 401 g/mol. The minimum absolute atomic E-state index is 0.249. The van der Waals surface area contributed by atoms with Crippen LogP contribution in [-0.2, 0) is 19.2 Å². The van der Waals surface area contributed by atoms with Crippen molar-refractivity contribution in [3.63, 3.8) is 0 Å². The molecule has 0 aromatic rings. The van der Waals surface area contributed by atoms with Crippen molar-refractivity contribution in [1.29, 1.82) is 0 Å². The number of nitrogens with two attached hydrogens (primary N) is 1. The van der Waals surface area contributed by atoms with Crippen molar-refractivity contribution in [3.8, 4) is 0 Å². The Morgan fingerprint density at radius 3 is 2.46 bits per heavy atom. The Hall–Kier alpha value is -2.24. The second-order valence-corrected chi connectivity index (χ2v) is 6.84. The van der Waals surface area contributed by atoms with Crippen LogP contribution < -0.4 is 27.0 Å². The number of nitrogens with one attached hydrogen (secondary N) is 4. The molecule has 0 aliphatic carbocycles. The number of aliphatic hydroxyl groups is 1. The fourth-order valence-corrected chi connectivity index (χ4v) is 2.85. The van der Waals surface area contributed by atoms with Gasteiger partial charge in [-0.15, -0.1) is 0 Å². The molecule has 0 spiro atoms. The summed E-state index contributed by atoms with van der Waals surface area (Å²) in [6.07, 6.45) is 1.70. The van der Waals surface area contributed by atoms with Gasteiger partial charge in [-0.2, -0.15) is 0 Å². The van der Waals surface area contributed by atoms with Crippen molar-refractivity contribution in [1.82, 2.24) is 21.3 Å². The summed E-state index contributed by atoms with van der Waals surface area (Å²) in [5.41, 5.74) is 5.44. The lowest BCUT2D eigenvalue weighted by molar-refractivity contribution is -0.145. The third kappa shape index (κ3) is 8.19. The lowest BCUT2D eigenvalue weighted by atomic mass is 10.1. The molecule has 0 bridgehead atoms. The summed E-state index contributed by atoms with van der Waals surface area (Å²) in [6.45, 7) is 2.12. The average molecular weight is 401 g/mol. The predicted octanol–water partition coefficient (Wildman–Crippen LogP) is -2.58. The quantitative estimate of drug-likeness (QED) is 0.174. The molecule has 1 saturated heterocycles. The number of hydrogen-bond donors (Lipinski definition) is 7. The Morgan fingerprint density at radius 2 is 1.93 bits per heavy atom. The van der Waals surface area contributed by atoms with Gasteiger partial charge in [-0.05, 0) is 52.1 Å². The molecule has 0 aromatic heterocycles. The van der Waals surface area contributed by atoms with Gasteiger partial charge in [0.25, 0.3) is 0 Å². The van der Waals surface area contributed by atoms with E-state index in [1.807, 2.05) is 0 Å². The van der Waals surface area contributed by atoms with Gasteiger partial charge in [-0.1, -0.05) is 0 Å². The zero-order valence-electron chi connectivity index (χ0n) is 16.1. The van der Waals surface area contributed by atoms with Crippen molar-refractivity contribution in [2.75, 3.05) is 19.6 Å². The Bertz CT molecular complexity index is 550. The molecule has 11 heteroatoms. The fraction of sp³-hybridized carbons (Fsp3) is 0.765. The van der Waals surface area contributed by atoms with Gasteiger partial charge in [0.05, 0.1) is 18.7 Å². The number of carbonyl (C=O) groups is 4. The second kappa shape index (κ2) is 12.3. The van der Waals surface area contributed by atoms with Crippen LogP contribution >= 0.6 is 0 Å². The molecule has 0 radical (unpaired) electrons. The van der Waals surface area contributed by atoms with E-state index in [0.717, 1.165) is 13.0 Å². The largest absolute Gasteiger partial charge is 0.480 e. The second-order valence-electron chi connectivity index (χ2n) is 6.84. The smallest absolute Gasteiger partial charge is 0.328 e. The number of carboxylic acid groups (broad SMARTS) is 1. The van der Waals surface area contributed by atoms with Gasteiger partial charge < -0.3 is 37.2 Å². The van der Waals surface area contributed by atoms with E-state index in [-0.39, 0.29) is 24.9 Å². The Labute approximate surface area is 163 Å². The summed E-state index contributed by atoms with van der Waals surface area (Å²) in [5.74, 6) is -2.95. The number of aliphatic hydroxyl groups excluding tert-OH is 1. The van der Waals surface area contributed by atoms with E-state index in [2.05, 4.69) is 21.3 Å². The summed E-state index contributed by atoms with van der Waals surface area (Å²) in [5, 5.41) is 28.9. The van der Waals surface area contributed by atoms with Gasteiger partial charge in [0.2, 0.25) is 17.7 Å². The van der Waals surface area contributed by atoms with Crippen LogP contribution in [-0.4, -0.2) is 77.8 Å². The predicted molar refractivity (Wildman–Crippen MR) is 100 cm³/mol. The van der Waals surface area contributed by atoms with Gasteiger partial charge >= 0.3 is 5.97 Å². The molecule has 0 aromatic carbocycles. The maximum absolute atomic E-state index is 12.4. The van der Waals surface area contributed by atoms with E-state index >= 15 is 0 Å². The molecule has 1 heterocycles. The van der Waals surface area contributed by atoms with Crippen molar-refractivity contribution in [2.45, 2.75) is 63.3 Å². The molecule has 0 saturated carbocycles. The first-order valence-corrected chi connectivity index (χ1v) is 9.48. The molecule has 160 valence electrons. The number of carbonyl (C=O) groups excluding carboxylic acids is 3. The van der Waals surface area contributed by atoms with Gasteiger partial charge in [0.1, 0.15) is 6.04 Å². The van der Waals surface area contributed by atoms with Gasteiger partial charge in [-0.25, -0.2) is 4.79 Å². The van der Waals surface area contributed by atoms with Crippen molar-refractivity contribution >= 4 is 23.7 Å². The lowest BCUT2D eigenvalue weighted by Gasteiger charge is -2.23. The summed E-state index contributed by atoms with van der Waals surface area (Å²) in [7, 11) is 0. The maximum Gasteiger partial charge on any atom is 0.328 e. The third-order valence-corrected chi connectivity index (χ3v) is 4.44. The first kappa shape index (κ1) is 23.8. The summed E-state index contributed by atoms with van der Waals surface area (Å²) in [6, 6.07) is -2.81. The van der Waals surface area contributed by atoms with E-state index < -0.39 is 36.0 Å². The van der Waals surface area contributed by atoms with Crippen LogP contribution in [0, 0.1) is 0 Å². The van der Waals surface area contributed by atoms with E-state index in [0.29, 0.717) is 25.8 Å². The highest BCUT2D eigenvalue weighted by atomic mass is 16.4. The van der Waals surface area contributed by atoms with Gasteiger partial charge in [0.15, 0.2) is 6.04 Å². The molecule has 3 amide bonds. The highest BCUT2D eigenvalue weighted by Crippen LogP contribution is 2.05. The standard InChI is InChI=1S/C17H31N5O6/c1-10(23)14(17(27)28)22-16(26)12(5-2-3-7-18)21-13(24)9-20-15(25)11-6-4-8-19-11/h10-12,14,19,23H,2-9,18H2,1H3,(H,20,25)(H,21,24)(H,22,26)(H,27,28). The molecule has 1 aliphatic rings. The van der Waals surface area contributed by atoms with Crippen molar-refractivity contribution < 1.29 is 29.4 Å². The molecule has 28 heavy (non-hydrogen) atoms. The van der Waals surface area contributed by atoms with Gasteiger partial charge in [-0.3, -0.25) is 14.4 Å². The Balaban J connectivity index is 2.60. The summed E-state index contributed by atoms with van der Waals surface area (Å²) in [4.78, 5) is 47.6. The van der Waals surface area contributed by atoms with Crippen LogP contribution in [0.5, 0.6) is 0 Å². The van der Waals surface area contributed by atoms with Crippen LogP contribution in [0.2, 0.25) is 0 Å². The molecule has 8 N–H and O–H groups in total. The molecular weight excluding hydrogens is 370 g/mol. The topological polar surface area (TPSA) is 183 Å². The number of unbranched alkanes of at least 4 members (excludes halogenated alkanes) is 1. The molecule has 1 rings (SSSR count). The number of aliphatic carboxylic acids is 1. The van der Waals surface area contributed by atoms with Crippen molar-refractivity contribution in [2.24, 2.45) is 5.73 Å². The van der Waals surface area contributed by atoms with Crippen LogP contribution in [0.15, 0.2) is 0 Å². The van der Waals surface area contributed by atoms with Crippen LogP contribution in [0.4, 0.5) is 0 Å². The van der Waals surface area contributed by atoms with E-state index in [4.69, 9.17) is 10.8 Å². The minimum Gasteiger partial charge on any atom is -0.480 e. The molecular formula is C17H31N5O6. The highest BCUT2D eigenvalue weighted by Gasteiger charge is 2.29. The summed E-state index contributed by atoms with van der Waals surface area (Å²) < 4.78 is 0. The normalized spacial score (nSPS) is 19.3. The maximum atomic E-state index is 12.4. The van der Waals surface area contributed by atoms with Gasteiger partial charge in [0, 0.05) is 0 Å². The zero-order valence-corrected chi connectivity index (χ0v) is 16.1. The number of amides is 3. The number of hydrogen-bond acceptors (Lipinski definition) is 7. The van der Waals surface area contributed by atoms with E-state index in [1.54, 1.807) is 0 Å². The van der Waals surface area contributed by atoms with E-state index in [9.17, 15) is 24.3 Å². The molecule has 4 atom stereocenters. The van der Waals surface area contributed by atoms with Crippen LogP contribution in [0.3, 0.4) is 0 Å². The van der Waals surface area contributed by atoms with Crippen LogP contribution in [0.1, 0.15) is 39.0 Å². The molecule has 1 aliphatic heterocycles. The molecule has 1 fully saturated rings. The fourth-order valence-electron chi connectivity index (χ4n) is 2.85. The number of rotatable bonds is 12. The van der Waals surface area contributed by atoms with Crippen molar-refractivity contribution in [3.05, 3.63) is 0 Å². The molecule has 11 nitrogen and oxygen atoms in total. The van der Waals surface area contributed by atoms with Crippen LogP contribution in [0.25, 0.3) is 0 Å². The minimum atomic E-state index is -1.49. The first-order valence-electron chi connectivity index (χ1n) is 9.48. The highest BCUT2D eigenvalue weighted by molar-refractivity contribution is 5.92. The third-order valence-electron chi connectivity index (χ3n) is 4.44. The number of carboxylic acids is 1. The molecule has 4 unspecified atom stereocenters.